The molecule has 2 aromatic rings. The summed E-state index contributed by atoms with van der Waals surface area (Å²) in [7, 11) is 0. The van der Waals surface area contributed by atoms with Crippen molar-refractivity contribution in [2.24, 2.45) is 5.73 Å². The fourth-order valence-electron chi connectivity index (χ4n) is 2.46. The van der Waals surface area contributed by atoms with Gasteiger partial charge in [-0.15, -0.1) is 0 Å². The van der Waals surface area contributed by atoms with E-state index in [1.807, 2.05) is 24.3 Å². The van der Waals surface area contributed by atoms with E-state index in [4.69, 9.17) is 10.5 Å². The minimum absolute atomic E-state index is 0.0372. The topological polar surface area (TPSA) is 35.2 Å². The van der Waals surface area contributed by atoms with Crippen molar-refractivity contribution in [1.29, 1.82) is 0 Å². The molecule has 3 rings (SSSR count). The summed E-state index contributed by atoms with van der Waals surface area (Å²) in [6, 6.07) is 12.7. The lowest BCUT2D eigenvalue weighted by molar-refractivity contribution is 0.469. The van der Waals surface area contributed by atoms with Crippen LogP contribution in [0, 0.1) is 5.82 Å². The molecule has 2 aromatic carbocycles. The number of hydrogen-bond donors (Lipinski definition) is 1. The minimum Gasteiger partial charge on any atom is -0.457 e. The van der Waals surface area contributed by atoms with Crippen molar-refractivity contribution in [3.8, 4) is 11.5 Å². The first-order valence-corrected chi connectivity index (χ1v) is 6.04. The molecule has 0 bridgehead atoms. The van der Waals surface area contributed by atoms with Gasteiger partial charge < -0.3 is 10.5 Å². The van der Waals surface area contributed by atoms with Gasteiger partial charge in [0, 0.05) is 11.5 Å². The SMILES string of the molecule is NC[C@@H]1Cc2ccccc2Oc2cccc(F)c21. The fourth-order valence-corrected chi connectivity index (χ4v) is 2.46. The Morgan fingerprint density at radius 1 is 1.11 bits per heavy atom. The molecule has 0 fully saturated rings. The molecule has 0 spiro atoms. The average molecular weight is 243 g/mol. The summed E-state index contributed by atoms with van der Waals surface area (Å²) in [6.45, 7) is 0.408. The monoisotopic (exact) mass is 243 g/mol. The van der Waals surface area contributed by atoms with Crippen molar-refractivity contribution in [1.82, 2.24) is 0 Å². The van der Waals surface area contributed by atoms with Crippen molar-refractivity contribution in [3.63, 3.8) is 0 Å². The van der Waals surface area contributed by atoms with E-state index in [2.05, 4.69) is 0 Å². The van der Waals surface area contributed by atoms with Crippen LogP contribution in [-0.4, -0.2) is 6.54 Å². The number of para-hydroxylation sites is 1. The fraction of sp³-hybridized carbons (Fsp3) is 0.200. The molecule has 0 aromatic heterocycles. The molecule has 1 aliphatic rings. The number of ether oxygens (including phenoxy) is 1. The van der Waals surface area contributed by atoms with Gasteiger partial charge in [0.1, 0.15) is 17.3 Å². The Hall–Kier alpha value is -1.87. The molecule has 2 nitrogen and oxygen atoms in total. The smallest absolute Gasteiger partial charge is 0.133 e. The lowest BCUT2D eigenvalue weighted by atomic mass is 9.92. The lowest BCUT2D eigenvalue weighted by Crippen LogP contribution is -2.15. The third kappa shape index (κ3) is 1.77. The number of halogens is 1. The van der Waals surface area contributed by atoms with Gasteiger partial charge in [0.05, 0.1) is 0 Å². The van der Waals surface area contributed by atoms with Gasteiger partial charge in [-0.05, 0) is 36.7 Å². The first-order chi connectivity index (χ1) is 8.79. The Morgan fingerprint density at radius 2 is 1.89 bits per heavy atom. The number of rotatable bonds is 1. The Kier molecular flexibility index (Phi) is 2.76. The van der Waals surface area contributed by atoms with E-state index < -0.39 is 0 Å². The zero-order valence-electron chi connectivity index (χ0n) is 9.90. The molecule has 2 N–H and O–H groups in total. The molecule has 1 heterocycles. The largest absolute Gasteiger partial charge is 0.457 e. The summed E-state index contributed by atoms with van der Waals surface area (Å²) in [4.78, 5) is 0. The van der Waals surface area contributed by atoms with Crippen LogP contribution in [0.15, 0.2) is 42.5 Å². The quantitative estimate of drug-likeness (QED) is 0.834. The minimum atomic E-state index is -0.240. The first-order valence-electron chi connectivity index (χ1n) is 6.04. The highest BCUT2D eigenvalue weighted by Crippen LogP contribution is 2.39. The van der Waals surface area contributed by atoms with Gasteiger partial charge in [-0.25, -0.2) is 4.39 Å². The van der Waals surface area contributed by atoms with Gasteiger partial charge >= 0.3 is 0 Å². The second-order valence-electron chi connectivity index (χ2n) is 4.50. The summed E-state index contributed by atoms with van der Waals surface area (Å²) >= 11 is 0. The molecule has 1 atom stereocenters. The second kappa shape index (κ2) is 4.42. The Bertz CT molecular complexity index is 582. The lowest BCUT2D eigenvalue weighted by Gasteiger charge is -2.14. The maximum absolute atomic E-state index is 14.0. The highest BCUT2D eigenvalue weighted by molar-refractivity contribution is 5.47. The highest BCUT2D eigenvalue weighted by Gasteiger charge is 2.25. The molecule has 92 valence electrons. The second-order valence-corrected chi connectivity index (χ2v) is 4.50. The van der Waals surface area contributed by atoms with Crippen molar-refractivity contribution < 1.29 is 9.13 Å². The van der Waals surface area contributed by atoms with Crippen LogP contribution >= 0.6 is 0 Å². The van der Waals surface area contributed by atoms with Gasteiger partial charge in [-0.3, -0.25) is 0 Å². The number of benzene rings is 2. The summed E-state index contributed by atoms with van der Waals surface area (Å²) in [6.07, 6.45) is 0.709. The average Bonchev–Trinajstić information content (AvgIpc) is 2.55. The van der Waals surface area contributed by atoms with Crippen molar-refractivity contribution >= 4 is 0 Å². The van der Waals surface area contributed by atoms with E-state index in [0.29, 0.717) is 24.3 Å². The van der Waals surface area contributed by atoms with E-state index >= 15 is 0 Å². The zero-order valence-corrected chi connectivity index (χ0v) is 9.90. The van der Waals surface area contributed by atoms with E-state index in [9.17, 15) is 4.39 Å². The maximum Gasteiger partial charge on any atom is 0.133 e. The molecule has 0 amide bonds. The number of hydrogen-bond acceptors (Lipinski definition) is 2. The van der Waals surface area contributed by atoms with Gasteiger partial charge in [0.25, 0.3) is 0 Å². The highest BCUT2D eigenvalue weighted by atomic mass is 19.1. The standard InChI is InChI=1S/C15H14FNO/c16-12-5-3-7-14-15(12)11(9-17)8-10-4-1-2-6-13(10)18-14/h1-7,11H,8-9,17H2/t11-/m0/s1. The van der Waals surface area contributed by atoms with Crippen LogP contribution < -0.4 is 10.5 Å². The normalized spacial score (nSPS) is 17.3. The van der Waals surface area contributed by atoms with Crippen LogP contribution in [0.4, 0.5) is 4.39 Å². The summed E-state index contributed by atoms with van der Waals surface area (Å²) in [5.74, 6) is 1.09. The summed E-state index contributed by atoms with van der Waals surface area (Å²) in [5, 5.41) is 0. The van der Waals surface area contributed by atoms with E-state index in [1.165, 1.54) is 6.07 Å². The molecule has 0 aliphatic carbocycles. The van der Waals surface area contributed by atoms with Crippen LogP contribution in [-0.2, 0) is 6.42 Å². The third-order valence-electron chi connectivity index (χ3n) is 3.36. The van der Waals surface area contributed by atoms with Crippen LogP contribution in [0.1, 0.15) is 17.0 Å². The zero-order chi connectivity index (χ0) is 12.5. The van der Waals surface area contributed by atoms with Crippen LogP contribution in [0.5, 0.6) is 11.5 Å². The molecule has 1 aliphatic heterocycles. The molecule has 0 radical (unpaired) electrons. The molecule has 18 heavy (non-hydrogen) atoms. The van der Waals surface area contributed by atoms with Crippen LogP contribution in [0.3, 0.4) is 0 Å². The van der Waals surface area contributed by atoms with E-state index in [-0.39, 0.29) is 11.7 Å². The molecule has 3 heteroatoms. The van der Waals surface area contributed by atoms with E-state index in [1.54, 1.807) is 12.1 Å². The summed E-state index contributed by atoms with van der Waals surface area (Å²) in [5.41, 5.74) is 7.46. The molecular weight excluding hydrogens is 229 g/mol. The van der Waals surface area contributed by atoms with Gasteiger partial charge in [0.15, 0.2) is 0 Å². The van der Waals surface area contributed by atoms with Crippen LogP contribution in [0.2, 0.25) is 0 Å². The van der Waals surface area contributed by atoms with E-state index in [0.717, 1.165) is 11.3 Å². The summed E-state index contributed by atoms with van der Waals surface area (Å²) < 4.78 is 19.8. The molecule has 0 saturated heterocycles. The predicted octanol–water partition coefficient (Wildman–Crippen LogP) is 3.22. The van der Waals surface area contributed by atoms with Gasteiger partial charge in [-0.1, -0.05) is 24.3 Å². The first kappa shape index (κ1) is 11.2. The van der Waals surface area contributed by atoms with Crippen molar-refractivity contribution in [3.05, 3.63) is 59.4 Å². The number of fused-ring (bicyclic) bond motifs is 2. The molecule has 0 unspecified atom stereocenters. The van der Waals surface area contributed by atoms with Crippen LogP contribution in [0.25, 0.3) is 0 Å². The Balaban J connectivity index is 2.17. The molecular formula is C15H14FNO. The van der Waals surface area contributed by atoms with Crippen molar-refractivity contribution in [2.45, 2.75) is 12.3 Å². The van der Waals surface area contributed by atoms with Crippen molar-refractivity contribution in [2.75, 3.05) is 6.54 Å². The Morgan fingerprint density at radius 3 is 2.72 bits per heavy atom. The third-order valence-corrected chi connectivity index (χ3v) is 3.36. The van der Waals surface area contributed by atoms with Gasteiger partial charge in [0.2, 0.25) is 0 Å². The molecule has 0 saturated carbocycles. The maximum atomic E-state index is 14.0. The van der Waals surface area contributed by atoms with Gasteiger partial charge in [-0.2, -0.15) is 0 Å². The predicted molar refractivity (Wildman–Crippen MR) is 68.4 cm³/mol. The Labute approximate surface area is 105 Å². The number of nitrogens with two attached hydrogens (primary N) is 1.